The molecule has 3 rings (SSSR count). The maximum absolute atomic E-state index is 12.9. The quantitative estimate of drug-likeness (QED) is 0.717. The van der Waals surface area contributed by atoms with Crippen LogP contribution in [0.25, 0.3) is 11.3 Å². The highest BCUT2D eigenvalue weighted by molar-refractivity contribution is 7.91. The Balaban J connectivity index is 1.84. The van der Waals surface area contributed by atoms with Crippen molar-refractivity contribution in [1.29, 1.82) is 0 Å². The second-order valence-corrected chi connectivity index (χ2v) is 9.75. The molecule has 2 heterocycles. The Morgan fingerprint density at radius 2 is 1.97 bits per heavy atom. The monoisotopic (exact) mass is 429 g/mol. The van der Waals surface area contributed by atoms with Gasteiger partial charge >= 0.3 is 6.18 Å². The summed E-state index contributed by atoms with van der Waals surface area (Å²) in [4.78, 5) is 14.1. The van der Waals surface area contributed by atoms with Gasteiger partial charge in [-0.2, -0.15) is 13.2 Å². The third kappa shape index (κ3) is 5.01. The van der Waals surface area contributed by atoms with Crippen molar-refractivity contribution in [2.75, 3.05) is 11.5 Å². The molecule has 2 aromatic rings. The van der Waals surface area contributed by atoms with E-state index in [9.17, 15) is 26.4 Å². The molecule has 5 nitrogen and oxygen atoms in total. The first-order valence-corrected chi connectivity index (χ1v) is 11.1. The van der Waals surface area contributed by atoms with Crippen LogP contribution in [0.3, 0.4) is 0 Å². The molecule has 1 saturated heterocycles. The molecule has 0 unspecified atom stereocenters. The van der Waals surface area contributed by atoms with Gasteiger partial charge in [0, 0.05) is 17.5 Å². The van der Waals surface area contributed by atoms with Crippen LogP contribution in [0.15, 0.2) is 40.8 Å². The number of benzene rings is 1. The number of hydrogen-bond donors (Lipinski definition) is 0. The largest absolute Gasteiger partial charge is 0.459 e. The Labute approximate surface area is 167 Å². The van der Waals surface area contributed by atoms with Crippen molar-refractivity contribution in [1.82, 2.24) is 4.90 Å². The number of furan rings is 1. The Bertz CT molecular complexity index is 995. The van der Waals surface area contributed by atoms with Crippen LogP contribution in [-0.2, 0) is 27.4 Å². The molecule has 1 aliphatic heterocycles. The van der Waals surface area contributed by atoms with Gasteiger partial charge in [-0.25, -0.2) is 8.42 Å². The number of carbonyl (C=O) groups excluding carboxylic acids is 1. The molecule has 0 spiro atoms. The van der Waals surface area contributed by atoms with Crippen LogP contribution < -0.4 is 0 Å². The summed E-state index contributed by atoms with van der Waals surface area (Å²) >= 11 is 0. The third-order valence-corrected chi connectivity index (χ3v) is 6.64. The van der Waals surface area contributed by atoms with Crippen molar-refractivity contribution >= 4 is 15.7 Å². The highest BCUT2D eigenvalue weighted by Gasteiger charge is 2.36. The molecular weight excluding hydrogens is 407 g/mol. The first-order valence-electron chi connectivity index (χ1n) is 9.23. The maximum Gasteiger partial charge on any atom is 0.416 e. The molecule has 1 aliphatic rings. The number of amides is 1. The average molecular weight is 429 g/mol. The van der Waals surface area contributed by atoms with E-state index in [-0.39, 0.29) is 41.2 Å². The molecule has 158 valence electrons. The van der Waals surface area contributed by atoms with Gasteiger partial charge in [0.25, 0.3) is 0 Å². The molecule has 29 heavy (non-hydrogen) atoms. The van der Waals surface area contributed by atoms with E-state index >= 15 is 0 Å². The summed E-state index contributed by atoms with van der Waals surface area (Å²) in [5.74, 6) is 0.0675. The summed E-state index contributed by atoms with van der Waals surface area (Å²) in [7, 11) is -3.18. The molecule has 1 amide bonds. The first-order chi connectivity index (χ1) is 13.5. The van der Waals surface area contributed by atoms with Crippen LogP contribution in [0, 0.1) is 5.92 Å². The minimum Gasteiger partial charge on any atom is -0.459 e. The van der Waals surface area contributed by atoms with Crippen LogP contribution in [0.2, 0.25) is 0 Å². The average Bonchev–Trinajstić information content (AvgIpc) is 3.24. The van der Waals surface area contributed by atoms with Gasteiger partial charge in [0.15, 0.2) is 9.84 Å². The molecule has 0 aliphatic carbocycles. The van der Waals surface area contributed by atoms with E-state index < -0.39 is 27.6 Å². The predicted octanol–water partition coefficient (Wildman–Crippen LogP) is 4.14. The third-order valence-electron chi connectivity index (χ3n) is 4.89. The zero-order valence-electron chi connectivity index (χ0n) is 16.1. The molecular formula is C20H22F3NO4S. The molecule has 0 N–H and O–H groups in total. The number of alkyl halides is 3. The van der Waals surface area contributed by atoms with E-state index in [0.717, 1.165) is 12.1 Å². The lowest BCUT2D eigenvalue weighted by Crippen LogP contribution is -2.42. The van der Waals surface area contributed by atoms with Crippen LogP contribution in [0.4, 0.5) is 13.2 Å². The smallest absolute Gasteiger partial charge is 0.416 e. The van der Waals surface area contributed by atoms with Crippen molar-refractivity contribution in [3.05, 3.63) is 47.7 Å². The van der Waals surface area contributed by atoms with Crippen molar-refractivity contribution in [3.63, 3.8) is 0 Å². The summed E-state index contributed by atoms with van der Waals surface area (Å²) in [6.45, 7) is 3.53. The first kappa shape index (κ1) is 21.4. The lowest BCUT2D eigenvalue weighted by atomic mass is 10.1. The van der Waals surface area contributed by atoms with Crippen molar-refractivity contribution < 1.29 is 30.8 Å². The normalized spacial score (nSPS) is 18.9. The van der Waals surface area contributed by atoms with Crippen molar-refractivity contribution in [3.8, 4) is 11.3 Å². The fourth-order valence-corrected chi connectivity index (χ4v) is 5.11. The van der Waals surface area contributed by atoms with E-state index in [1.807, 2.05) is 0 Å². The van der Waals surface area contributed by atoms with E-state index in [1.165, 1.54) is 17.0 Å². The molecule has 0 radical (unpaired) electrons. The van der Waals surface area contributed by atoms with E-state index in [2.05, 4.69) is 0 Å². The summed E-state index contributed by atoms with van der Waals surface area (Å²) in [5, 5.41) is 0. The molecule has 0 saturated carbocycles. The fourth-order valence-electron chi connectivity index (χ4n) is 3.37. The number of hydrogen-bond acceptors (Lipinski definition) is 4. The van der Waals surface area contributed by atoms with Crippen LogP contribution in [0.1, 0.15) is 31.6 Å². The lowest BCUT2D eigenvalue weighted by Gasteiger charge is -2.29. The molecule has 1 aromatic heterocycles. The van der Waals surface area contributed by atoms with Gasteiger partial charge in [-0.1, -0.05) is 26.0 Å². The fraction of sp³-hybridized carbons (Fsp3) is 0.450. The Hall–Kier alpha value is -2.29. The topological polar surface area (TPSA) is 67.6 Å². The van der Waals surface area contributed by atoms with Crippen LogP contribution in [0.5, 0.6) is 0 Å². The molecule has 1 atom stereocenters. The number of sulfone groups is 1. The zero-order chi connectivity index (χ0) is 21.4. The Morgan fingerprint density at radius 1 is 1.24 bits per heavy atom. The van der Waals surface area contributed by atoms with Crippen molar-refractivity contribution in [2.24, 2.45) is 5.92 Å². The summed E-state index contributed by atoms with van der Waals surface area (Å²) < 4.78 is 68.2. The van der Waals surface area contributed by atoms with E-state index in [4.69, 9.17) is 4.42 Å². The lowest BCUT2D eigenvalue weighted by molar-refractivity contribution is -0.138. The highest BCUT2D eigenvalue weighted by Crippen LogP contribution is 2.33. The molecule has 9 heteroatoms. The highest BCUT2D eigenvalue weighted by atomic mass is 32.2. The number of nitrogens with zero attached hydrogens (tertiary/aromatic N) is 1. The van der Waals surface area contributed by atoms with Gasteiger partial charge in [0.05, 0.1) is 23.6 Å². The number of halogens is 3. The molecule has 0 bridgehead atoms. The van der Waals surface area contributed by atoms with E-state index in [0.29, 0.717) is 12.2 Å². The Kier molecular flexibility index (Phi) is 5.80. The maximum atomic E-state index is 12.9. The van der Waals surface area contributed by atoms with Gasteiger partial charge in [0.2, 0.25) is 5.91 Å². The molecule has 1 aromatic carbocycles. The van der Waals surface area contributed by atoms with Gasteiger partial charge in [0.1, 0.15) is 11.5 Å². The van der Waals surface area contributed by atoms with Gasteiger partial charge in [-0.3, -0.25) is 4.79 Å². The zero-order valence-corrected chi connectivity index (χ0v) is 16.9. The minimum atomic E-state index is -4.46. The van der Waals surface area contributed by atoms with Gasteiger partial charge in [-0.05, 0) is 30.7 Å². The number of rotatable bonds is 5. The minimum absolute atomic E-state index is 0.0349. The molecule has 1 fully saturated rings. The Morgan fingerprint density at radius 3 is 2.55 bits per heavy atom. The summed E-state index contributed by atoms with van der Waals surface area (Å²) in [6.07, 6.45) is -4.10. The second-order valence-electron chi connectivity index (χ2n) is 7.52. The van der Waals surface area contributed by atoms with Gasteiger partial charge in [-0.15, -0.1) is 0 Å². The van der Waals surface area contributed by atoms with E-state index in [1.54, 1.807) is 26.0 Å². The number of carbonyl (C=O) groups is 1. The van der Waals surface area contributed by atoms with Crippen LogP contribution >= 0.6 is 0 Å². The standard InChI is InChI=1S/C20H22F3NO4S/c1-13(2)19(25)24(16-8-9-29(26,27)12-16)11-17-6-7-18(28-17)14-4-3-5-15(10-14)20(21,22)23/h3-7,10,13,16H,8-9,11-12H2,1-2H3/t16-/m1/s1. The summed E-state index contributed by atoms with van der Waals surface area (Å²) in [6, 6.07) is 7.52. The second kappa shape index (κ2) is 7.85. The van der Waals surface area contributed by atoms with Crippen molar-refractivity contribution in [2.45, 2.75) is 39.0 Å². The predicted molar refractivity (Wildman–Crippen MR) is 102 cm³/mol. The SMILES string of the molecule is CC(C)C(=O)N(Cc1ccc(-c2cccc(C(F)(F)F)c2)o1)[C@@H]1CCS(=O)(=O)C1. The van der Waals surface area contributed by atoms with Crippen LogP contribution in [-0.4, -0.2) is 36.8 Å². The van der Waals surface area contributed by atoms with Gasteiger partial charge < -0.3 is 9.32 Å². The summed E-state index contributed by atoms with van der Waals surface area (Å²) in [5.41, 5.74) is -0.503.